The number of nitrogens with zero attached hydrogens (tertiary/aromatic N) is 1. The first-order chi connectivity index (χ1) is 7.33. The lowest BCUT2D eigenvalue weighted by Gasteiger charge is -1.97. The summed E-state index contributed by atoms with van der Waals surface area (Å²) in [6.07, 6.45) is 2.34. The third kappa shape index (κ3) is 4.93. The summed E-state index contributed by atoms with van der Waals surface area (Å²) in [5.41, 5.74) is 3.32. The topological polar surface area (TPSA) is 61.7 Å². The Morgan fingerprint density at radius 2 is 2.13 bits per heavy atom. The van der Waals surface area contributed by atoms with Crippen LogP contribution in [0.2, 0.25) is 0 Å². The molecule has 1 aromatic carbocycles. The van der Waals surface area contributed by atoms with Crippen LogP contribution in [0, 0.1) is 0 Å². The summed E-state index contributed by atoms with van der Waals surface area (Å²) in [6, 6.07) is 9.49. The highest BCUT2D eigenvalue weighted by atomic mass is 16.3. The maximum Gasteiger partial charge on any atom is 0.240 e. The molecular weight excluding hydrogens is 192 g/mol. The molecule has 4 heteroatoms. The summed E-state index contributed by atoms with van der Waals surface area (Å²) in [6.45, 7) is 0.0236. The summed E-state index contributed by atoms with van der Waals surface area (Å²) < 4.78 is 0. The van der Waals surface area contributed by atoms with Gasteiger partial charge in [-0.15, -0.1) is 0 Å². The summed E-state index contributed by atoms with van der Waals surface area (Å²) in [5.74, 6) is -0.184. The van der Waals surface area contributed by atoms with E-state index in [4.69, 9.17) is 5.11 Å². The number of carbonyl (C=O) groups excluding carboxylic acids is 1. The molecule has 1 amide bonds. The third-order valence-electron chi connectivity index (χ3n) is 1.76. The molecule has 80 valence electrons. The van der Waals surface area contributed by atoms with Crippen molar-refractivity contribution in [2.24, 2.45) is 5.10 Å². The van der Waals surface area contributed by atoms with Gasteiger partial charge in [0, 0.05) is 13.0 Å². The molecular formula is C11H14N2O2. The van der Waals surface area contributed by atoms with Gasteiger partial charge in [0.25, 0.3) is 0 Å². The number of aliphatic hydroxyl groups excluding tert-OH is 1. The van der Waals surface area contributed by atoms with Gasteiger partial charge in [0.05, 0.1) is 6.21 Å². The van der Waals surface area contributed by atoms with E-state index in [0.29, 0.717) is 12.8 Å². The Labute approximate surface area is 88.6 Å². The average molecular weight is 206 g/mol. The first-order valence-electron chi connectivity index (χ1n) is 4.81. The van der Waals surface area contributed by atoms with Crippen LogP contribution in [0.1, 0.15) is 18.4 Å². The number of rotatable bonds is 5. The van der Waals surface area contributed by atoms with Crippen molar-refractivity contribution >= 4 is 12.1 Å². The minimum atomic E-state index is -0.184. The summed E-state index contributed by atoms with van der Waals surface area (Å²) in [4.78, 5) is 11.1. The molecule has 4 nitrogen and oxygen atoms in total. The molecule has 15 heavy (non-hydrogen) atoms. The van der Waals surface area contributed by atoms with Crippen LogP contribution in [0.4, 0.5) is 0 Å². The van der Waals surface area contributed by atoms with Crippen LogP contribution in [0.5, 0.6) is 0 Å². The first kappa shape index (κ1) is 11.4. The second-order valence-corrected chi connectivity index (χ2v) is 3.03. The number of amides is 1. The number of nitrogens with one attached hydrogen (secondary N) is 1. The van der Waals surface area contributed by atoms with Gasteiger partial charge >= 0.3 is 0 Å². The molecule has 2 N–H and O–H groups in total. The van der Waals surface area contributed by atoms with Crippen molar-refractivity contribution in [1.82, 2.24) is 5.43 Å². The predicted molar refractivity (Wildman–Crippen MR) is 58.5 cm³/mol. The van der Waals surface area contributed by atoms with Crippen molar-refractivity contribution < 1.29 is 9.90 Å². The standard InChI is InChI=1S/C11H14N2O2/c14-8-4-7-11(15)13-12-9-10-5-2-1-3-6-10/h1-3,5-6,9,14H,4,7-8H2,(H,13,15). The number of carbonyl (C=O) groups is 1. The Balaban J connectivity index is 2.31. The van der Waals surface area contributed by atoms with E-state index < -0.39 is 0 Å². The Morgan fingerprint density at radius 1 is 1.40 bits per heavy atom. The second kappa shape index (κ2) is 6.73. The minimum Gasteiger partial charge on any atom is -0.396 e. The van der Waals surface area contributed by atoms with Crippen LogP contribution in [0.25, 0.3) is 0 Å². The average Bonchev–Trinajstić information content (AvgIpc) is 2.28. The molecule has 0 bridgehead atoms. The van der Waals surface area contributed by atoms with Crippen LogP contribution in [-0.2, 0) is 4.79 Å². The van der Waals surface area contributed by atoms with Crippen molar-refractivity contribution in [3.05, 3.63) is 35.9 Å². The number of hydrazone groups is 1. The zero-order chi connectivity index (χ0) is 10.9. The summed E-state index contributed by atoms with van der Waals surface area (Å²) >= 11 is 0. The van der Waals surface area contributed by atoms with Gasteiger partial charge in [-0.2, -0.15) is 5.10 Å². The van der Waals surface area contributed by atoms with Gasteiger partial charge in [0.2, 0.25) is 5.91 Å². The highest BCUT2D eigenvalue weighted by molar-refractivity contribution is 5.82. The fourth-order valence-electron chi connectivity index (χ4n) is 1.01. The lowest BCUT2D eigenvalue weighted by atomic mass is 10.2. The molecule has 0 heterocycles. The van der Waals surface area contributed by atoms with Gasteiger partial charge < -0.3 is 5.11 Å². The van der Waals surface area contributed by atoms with Crippen LogP contribution < -0.4 is 5.43 Å². The van der Waals surface area contributed by atoms with E-state index in [0.717, 1.165) is 5.56 Å². The van der Waals surface area contributed by atoms with Crippen LogP contribution in [-0.4, -0.2) is 23.8 Å². The van der Waals surface area contributed by atoms with E-state index in [1.165, 1.54) is 0 Å². The fraction of sp³-hybridized carbons (Fsp3) is 0.273. The molecule has 0 fully saturated rings. The van der Waals surface area contributed by atoms with E-state index >= 15 is 0 Å². The molecule has 0 aromatic heterocycles. The number of aliphatic hydroxyl groups is 1. The third-order valence-corrected chi connectivity index (χ3v) is 1.76. The largest absolute Gasteiger partial charge is 0.396 e. The van der Waals surface area contributed by atoms with Crippen molar-refractivity contribution in [1.29, 1.82) is 0 Å². The van der Waals surface area contributed by atoms with Gasteiger partial charge in [0.15, 0.2) is 0 Å². The lowest BCUT2D eigenvalue weighted by molar-refractivity contribution is -0.121. The Morgan fingerprint density at radius 3 is 2.80 bits per heavy atom. The van der Waals surface area contributed by atoms with Crippen molar-refractivity contribution in [3.63, 3.8) is 0 Å². The fourth-order valence-corrected chi connectivity index (χ4v) is 1.01. The van der Waals surface area contributed by atoms with Crippen molar-refractivity contribution in [3.8, 4) is 0 Å². The first-order valence-corrected chi connectivity index (χ1v) is 4.81. The summed E-state index contributed by atoms with van der Waals surface area (Å²) in [7, 11) is 0. The van der Waals surface area contributed by atoms with E-state index in [1.807, 2.05) is 30.3 Å². The highest BCUT2D eigenvalue weighted by Crippen LogP contribution is 1.93. The molecule has 0 saturated heterocycles. The molecule has 0 radical (unpaired) electrons. The SMILES string of the molecule is O=C(CCCO)NN=Cc1ccccc1. The van der Waals surface area contributed by atoms with Crippen molar-refractivity contribution in [2.75, 3.05) is 6.61 Å². The van der Waals surface area contributed by atoms with Crippen LogP contribution in [0.15, 0.2) is 35.4 Å². The van der Waals surface area contributed by atoms with Gasteiger partial charge in [-0.25, -0.2) is 5.43 Å². The van der Waals surface area contributed by atoms with Crippen LogP contribution >= 0.6 is 0 Å². The highest BCUT2D eigenvalue weighted by Gasteiger charge is 1.96. The van der Waals surface area contributed by atoms with E-state index in [2.05, 4.69) is 10.5 Å². The molecule has 0 saturated carbocycles. The molecule has 0 spiro atoms. The second-order valence-electron chi connectivity index (χ2n) is 3.03. The quantitative estimate of drug-likeness (QED) is 0.555. The lowest BCUT2D eigenvalue weighted by Crippen LogP contribution is -2.17. The van der Waals surface area contributed by atoms with Gasteiger partial charge in [-0.3, -0.25) is 4.79 Å². The summed E-state index contributed by atoms with van der Waals surface area (Å²) in [5, 5.41) is 12.3. The van der Waals surface area contributed by atoms with Crippen LogP contribution in [0.3, 0.4) is 0 Å². The number of hydrogen-bond donors (Lipinski definition) is 2. The Bertz CT molecular complexity index is 323. The molecule has 0 aliphatic rings. The van der Waals surface area contributed by atoms with Gasteiger partial charge in [-0.05, 0) is 12.0 Å². The molecule has 0 unspecified atom stereocenters. The Hall–Kier alpha value is -1.68. The number of hydrogen-bond acceptors (Lipinski definition) is 3. The number of benzene rings is 1. The zero-order valence-electron chi connectivity index (χ0n) is 8.39. The molecule has 0 atom stereocenters. The smallest absolute Gasteiger partial charge is 0.240 e. The maximum atomic E-state index is 11.1. The predicted octanol–water partition coefficient (Wildman–Crippen LogP) is 0.909. The van der Waals surface area contributed by atoms with E-state index in [-0.39, 0.29) is 12.5 Å². The van der Waals surface area contributed by atoms with E-state index in [9.17, 15) is 4.79 Å². The monoisotopic (exact) mass is 206 g/mol. The van der Waals surface area contributed by atoms with Gasteiger partial charge in [-0.1, -0.05) is 30.3 Å². The Kier molecular flexibility index (Phi) is 5.11. The zero-order valence-corrected chi connectivity index (χ0v) is 8.39. The molecule has 0 aliphatic carbocycles. The van der Waals surface area contributed by atoms with Gasteiger partial charge in [0.1, 0.15) is 0 Å². The molecule has 1 rings (SSSR count). The molecule has 0 aliphatic heterocycles. The maximum absolute atomic E-state index is 11.1. The minimum absolute atomic E-state index is 0.0236. The normalized spacial score (nSPS) is 10.5. The van der Waals surface area contributed by atoms with Crippen molar-refractivity contribution in [2.45, 2.75) is 12.8 Å². The molecule has 1 aromatic rings. The van der Waals surface area contributed by atoms with E-state index in [1.54, 1.807) is 6.21 Å².